The van der Waals surface area contributed by atoms with Crippen LogP contribution in [0.3, 0.4) is 0 Å². The lowest BCUT2D eigenvalue weighted by atomic mass is 10.2. The van der Waals surface area contributed by atoms with Crippen LogP contribution in [-0.4, -0.2) is 21.3 Å². The maximum Gasteiger partial charge on any atom is 0.335 e. The molecule has 1 saturated carbocycles. The second kappa shape index (κ2) is 4.18. The van der Waals surface area contributed by atoms with Gasteiger partial charge in [-0.15, -0.1) is 0 Å². The van der Waals surface area contributed by atoms with Crippen molar-refractivity contribution in [2.75, 3.05) is 5.32 Å². The van der Waals surface area contributed by atoms with Crippen molar-refractivity contribution < 1.29 is 9.90 Å². The first-order valence-corrected chi connectivity index (χ1v) is 5.88. The van der Waals surface area contributed by atoms with E-state index in [0.717, 1.165) is 11.5 Å². The number of carbonyl (C=O) groups is 1. The number of carboxylic acids is 1. The van der Waals surface area contributed by atoms with Gasteiger partial charge in [-0.05, 0) is 37.1 Å². The number of anilines is 2. The smallest absolute Gasteiger partial charge is 0.335 e. The Morgan fingerprint density at radius 2 is 2.06 bits per heavy atom. The number of hydrogen-bond donors (Lipinski definition) is 3. The van der Waals surface area contributed by atoms with Crippen LogP contribution in [0.2, 0.25) is 0 Å². The fourth-order valence-corrected chi connectivity index (χ4v) is 1.85. The molecule has 1 aromatic heterocycles. The Balaban J connectivity index is 1.72. The molecule has 92 valence electrons. The standard InChI is InChI=1S/C13H13N3O2/c17-13(18)9-3-5-10(6-4-9)14-12-7-11(15-16-12)8-1-2-8/h3-8H,1-2H2,(H,17,18)(H2,14,15,16). The molecule has 0 unspecified atom stereocenters. The quantitative estimate of drug-likeness (QED) is 0.771. The van der Waals surface area contributed by atoms with Gasteiger partial charge in [0.15, 0.2) is 5.82 Å². The summed E-state index contributed by atoms with van der Waals surface area (Å²) in [5, 5.41) is 19.1. The molecule has 5 nitrogen and oxygen atoms in total. The van der Waals surface area contributed by atoms with Crippen molar-refractivity contribution in [3.8, 4) is 0 Å². The molecular weight excluding hydrogens is 230 g/mol. The Labute approximate surface area is 104 Å². The van der Waals surface area contributed by atoms with Crippen LogP contribution in [0.1, 0.15) is 34.8 Å². The maximum atomic E-state index is 10.7. The van der Waals surface area contributed by atoms with Crippen LogP contribution in [-0.2, 0) is 0 Å². The largest absolute Gasteiger partial charge is 0.478 e. The Hall–Kier alpha value is -2.30. The van der Waals surface area contributed by atoms with E-state index in [2.05, 4.69) is 15.5 Å². The number of hydrogen-bond acceptors (Lipinski definition) is 3. The van der Waals surface area contributed by atoms with Gasteiger partial charge in [-0.3, -0.25) is 5.10 Å². The maximum absolute atomic E-state index is 10.7. The number of aromatic carboxylic acids is 1. The van der Waals surface area contributed by atoms with Gasteiger partial charge in [0.25, 0.3) is 0 Å². The van der Waals surface area contributed by atoms with Gasteiger partial charge in [0, 0.05) is 23.4 Å². The summed E-state index contributed by atoms with van der Waals surface area (Å²) in [4.78, 5) is 10.7. The third-order valence-electron chi connectivity index (χ3n) is 3.02. The first-order valence-electron chi connectivity index (χ1n) is 5.88. The number of carboxylic acid groups (broad SMARTS) is 1. The van der Waals surface area contributed by atoms with E-state index in [0.29, 0.717) is 5.92 Å². The summed E-state index contributed by atoms with van der Waals surface area (Å²) in [6, 6.07) is 8.60. The third-order valence-corrected chi connectivity index (χ3v) is 3.02. The molecule has 0 radical (unpaired) electrons. The molecule has 1 aliphatic rings. The molecule has 3 N–H and O–H groups in total. The molecule has 3 rings (SSSR count). The molecule has 0 aliphatic heterocycles. The van der Waals surface area contributed by atoms with Crippen LogP contribution < -0.4 is 5.32 Å². The number of rotatable bonds is 4. The van der Waals surface area contributed by atoms with Crippen molar-refractivity contribution >= 4 is 17.5 Å². The molecule has 18 heavy (non-hydrogen) atoms. The molecular formula is C13H13N3O2. The van der Waals surface area contributed by atoms with Crippen LogP contribution in [0, 0.1) is 0 Å². The molecule has 1 aromatic carbocycles. The van der Waals surface area contributed by atoms with E-state index in [4.69, 9.17) is 5.11 Å². The minimum absolute atomic E-state index is 0.279. The number of aromatic nitrogens is 2. The van der Waals surface area contributed by atoms with E-state index in [1.54, 1.807) is 24.3 Å². The zero-order chi connectivity index (χ0) is 12.5. The SMILES string of the molecule is O=C(O)c1ccc(Nc2cc(C3CC3)[nH]n2)cc1. The van der Waals surface area contributed by atoms with Crippen molar-refractivity contribution in [2.45, 2.75) is 18.8 Å². The lowest BCUT2D eigenvalue weighted by molar-refractivity contribution is 0.0697. The zero-order valence-electron chi connectivity index (χ0n) is 9.68. The van der Waals surface area contributed by atoms with Crippen LogP contribution in [0.4, 0.5) is 11.5 Å². The molecule has 5 heteroatoms. The summed E-state index contributed by atoms with van der Waals surface area (Å²) in [6.45, 7) is 0. The Kier molecular flexibility index (Phi) is 2.51. The second-order valence-corrected chi connectivity index (χ2v) is 4.49. The fraction of sp³-hybridized carbons (Fsp3) is 0.231. The van der Waals surface area contributed by atoms with Gasteiger partial charge in [-0.25, -0.2) is 4.79 Å². The van der Waals surface area contributed by atoms with Crippen LogP contribution in [0.25, 0.3) is 0 Å². The predicted molar refractivity (Wildman–Crippen MR) is 67.2 cm³/mol. The lowest BCUT2D eigenvalue weighted by Crippen LogP contribution is -1.96. The highest BCUT2D eigenvalue weighted by atomic mass is 16.4. The second-order valence-electron chi connectivity index (χ2n) is 4.49. The Morgan fingerprint density at radius 3 is 2.67 bits per heavy atom. The topological polar surface area (TPSA) is 78.0 Å². The van der Waals surface area contributed by atoms with Crippen molar-refractivity contribution in [1.29, 1.82) is 0 Å². The van der Waals surface area contributed by atoms with Gasteiger partial charge in [-0.1, -0.05) is 0 Å². The first-order chi connectivity index (χ1) is 8.72. The number of H-pyrrole nitrogens is 1. The predicted octanol–water partition coefficient (Wildman–Crippen LogP) is 2.73. The Morgan fingerprint density at radius 1 is 1.33 bits per heavy atom. The summed E-state index contributed by atoms with van der Waals surface area (Å²) >= 11 is 0. The van der Waals surface area contributed by atoms with Crippen LogP contribution >= 0.6 is 0 Å². The molecule has 0 spiro atoms. The summed E-state index contributed by atoms with van der Waals surface area (Å²) in [6.07, 6.45) is 2.46. The van der Waals surface area contributed by atoms with E-state index >= 15 is 0 Å². The minimum atomic E-state index is -0.919. The molecule has 2 aromatic rings. The highest BCUT2D eigenvalue weighted by Crippen LogP contribution is 2.39. The molecule has 1 fully saturated rings. The number of nitrogens with one attached hydrogen (secondary N) is 2. The van der Waals surface area contributed by atoms with E-state index in [-0.39, 0.29) is 5.56 Å². The molecule has 0 atom stereocenters. The molecule has 0 saturated heterocycles. The highest BCUT2D eigenvalue weighted by molar-refractivity contribution is 5.88. The van der Waals surface area contributed by atoms with Crippen LogP contribution in [0.5, 0.6) is 0 Å². The zero-order valence-corrected chi connectivity index (χ0v) is 9.68. The number of benzene rings is 1. The summed E-state index contributed by atoms with van der Waals surface area (Å²) in [7, 11) is 0. The number of nitrogens with zero attached hydrogens (tertiary/aromatic N) is 1. The minimum Gasteiger partial charge on any atom is -0.478 e. The highest BCUT2D eigenvalue weighted by Gasteiger charge is 2.25. The normalized spacial score (nSPS) is 14.4. The summed E-state index contributed by atoms with van der Waals surface area (Å²) < 4.78 is 0. The summed E-state index contributed by atoms with van der Waals surface area (Å²) in [5.74, 6) is 0.486. The van der Waals surface area contributed by atoms with Gasteiger partial charge in [0.05, 0.1) is 5.56 Å². The van der Waals surface area contributed by atoms with Crippen molar-refractivity contribution in [1.82, 2.24) is 10.2 Å². The van der Waals surface area contributed by atoms with Crippen LogP contribution in [0.15, 0.2) is 30.3 Å². The van der Waals surface area contributed by atoms with Gasteiger partial charge in [-0.2, -0.15) is 5.10 Å². The third kappa shape index (κ3) is 2.20. The van der Waals surface area contributed by atoms with E-state index in [1.165, 1.54) is 18.5 Å². The summed E-state index contributed by atoms with van der Waals surface area (Å²) in [5.41, 5.74) is 2.27. The molecule has 0 amide bonds. The lowest BCUT2D eigenvalue weighted by Gasteiger charge is -2.02. The fourth-order valence-electron chi connectivity index (χ4n) is 1.85. The van der Waals surface area contributed by atoms with E-state index < -0.39 is 5.97 Å². The van der Waals surface area contributed by atoms with E-state index in [9.17, 15) is 4.79 Å². The average molecular weight is 243 g/mol. The van der Waals surface area contributed by atoms with E-state index in [1.807, 2.05) is 6.07 Å². The van der Waals surface area contributed by atoms with Crippen molar-refractivity contribution in [2.24, 2.45) is 0 Å². The van der Waals surface area contributed by atoms with Crippen molar-refractivity contribution in [3.05, 3.63) is 41.6 Å². The molecule has 1 aliphatic carbocycles. The van der Waals surface area contributed by atoms with Crippen molar-refractivity contribution in [3.63, 3.8) is 0 Å². The monoisotopic (exact) mass is 243 g/mol. The number of aromatic amines is 1. The Bertz CT molecular complexity index is 570. The van der Waals surface area contributed by atoms with Gasteiger partial charge < -0.3 is 10.4 Å². The first kappa shape index (κ1) is 10.8. The van der Waals surface area contributed by atoms with Gasteiger partial charge in [0.1, 0.15) is 0 Å². The molecule has 0 bridgehead atoms. The average Bonchev–Trinajstić information content (AvgIpc) is 3.11. The van der Waals surface area contributed by atoms with Gasteiger partial charge in [0.2, 0.25) is 0 Å². The molecule has 1 heterocycles. The van der Waals surface area contributed by atoms with Gasteiger partial charge >= 0.3 is 5.97 Å².